The lowest BCUT2D eigenvalue weighted by Gasteiger charge is -2.14. The number of methoxy groups -OCH3 is 1. The molecule has 2 aromatic heterocycles. The normalized spacial score (nSPS) is 10.7. The fourth-order valence-corrected chi connectivity index (χ4v) is 3.46. The quantitative estimate of drug-likeness (QED) is 0.424. The number of carbonyl (C=O) groups is 1. The number of ether oxygens (including phenoxy) is 1. The zero-order chi connectivity index (χ0) is 22.7. The molecule has 0 radical (unpaired) electrons. The van der Waals surface area contributed by atoms with Crippen LogP contribution in [0, 0.1) is 5.82 Å². The van der Waals surface area contributed by atoms with E-state index < -0.39 is 5.82 Å². The van der Waals surface area contributed by atoms with Gasteiger partial charge in [-0.3, -0.25) is 9.59 Å². The maximum atomic E-state index is 14.7. The Hall–Kier alpha value is -4.20. The lowest BCUT2D eigenvalue weighted by Crippen LogP contribution is -2.22. The van der Waals surface area contributed by atoms with Crippen molar-refractivity contribution in [2.45, 2.75) is 6.92 Å². The second-order valence-electron chi connectivity index (χ2n) is 7.01. The van der Waals surface area contributed by atoms with E-state index in [0.29, 0.717) is 40.0 Å². The Labute approximate surface area is 183 Å². The summed E-state index contributed by atoms with van der Waals surface area (Å²) >= 11 is 0. The van der Waals surface area contributed by atoms with Gasteiger partial charge in [-0.25, -0.2) is 9.37 Å². The van der Waals surface area contributed by atoms with Gasteiger partial charge in [0.15, 0.2) is 0 Å². The highest BCUT2D eigenvalue weighted by Crippen LogP contribution is 2.34. The van der Waals surface area contributed by atoms with Crippen molar-refractivity contribution in [3.8, 4) is 17.0 Å². The maximum Gasteiger partial charge on any atom is 0.259 e. The van der Waals surface area contributed by atoms with Crippen molar-refractivity contribution in [1.29, 1.82) is 0 Å². The van der Waals surface area contributed by atoms with Gasteiger partial charge in [0.1, 0.15) is 17.4 Å². The number of nitrogens with one attached hydrogen (secondary N) is 3. The largest absolute Gasteiger partial charge is 0.496 e. The molecule has 2 aromatic carbocycles. The average molecular weight is 432 g/mol. The Bertz CT molecular complexity index is 1350. The first kappa shape index (κ1) is 21.0. The molecular weight excluding hydrogens is 411 g/mol. The van der Waals surface area contributed by atoms with Gasteiger partial charge in [-0.1, -0.05) is 6.07 Å². The zero-order valence-electron chi connectivity index (χ0n) is 17.5. The Balaban J connectivity index is 1.82. The van der Waals surface area contributed by atoms with Crippen molar-refractivity contribution in [2.75, 3.05) is 19.0 Å². The molecule has 0 atom stereocenters. The average Bonchev–Trinajstić information content (AvgIpc) is 2.79. The zero-order valence-corrected chi connectivity index (χ0v) is 17.5. The topological polar surface area (TPSA) is 96.1 Å². The number of hydrogen-bond donors (Lipinski definition) is 3. The molecule has 7 nitrogen and oxygen atoms in total. The van der Waals surface area contributed by atoms with Gasteiger partial charge in [0.2, 0.25) is 0 Å². The molecule has 4 rings (SSSR count). The van der Waals surface area contributed by atoms with Crippen LogP contribution in [0.5, 0.6) is 5.75 Å². The molecule has 0 aliphatic heterocycles. The van der Waals surface area contributed by atoms with E-state index in [1.165, 1.54) is 19.4 Å². The molecule has 162 valence electrons. The summed E-state index contributed by atoms with van der Waals surface area (Å²) in [7, 11) is 1.46. The number of nitrogens with zero attached hydrogens (tertiary/aromatic N) is 1. The van der Waals surface area contributed by atoms with Gasteiger partial charge in [0.05, 0.1) is 23.8 Å². The Morgan fingerprint density at radius 2 is 1.94 bits per heavy atom. The molecule has 3 N–H and O–H groups in total. The Kier molecular flexibility index (Phi) is 5.85. The third-order valence-corrected chi connectivity index (χ3v) is 4.95. The fourth-order valence-electron chi connectivity index (χ4n) is 3.46. The summed E-state index contributed by atoms with van der Waals surface area (Å²) in [4.78, 5) is 31.7. The van der Waals surface area contributed by atoms with Gasteiger partial charge < -0.3 is 20.4 Å². The standard InChI is InChI=1S/C24H21FN4O3/c1-3-26-23(30)14-7-9-16(10-8-14)28-22-20-15(11-12-27-24(20)31)13-18(29-22)21-17(25)5-4-6-19(21)32-2/h4-13H,3H2,1-2H3,(H,26,30)(H,27,31)(H,28,29). The SMILES string of the molecule is CCNC(=O)c1ccc(Nc2nc(-c3c(F)cccc3OC)cc3cc[nH]c(=O)c23)cc1. The smallest absolute Gasteiger partial charge is 0.259 e. The lowest BCUT2D eigenvalue weighted by atomic mass is 10.1. The molecule has 0 saturated carbocycles. The summed E-state index contributed by atoms with van der Waals surface area (Å²) in [5.41, 5.74) is 1.32. The van der Waals surface area contributed by atoms with E-state index in [4.69, 9.17) is 4.74 Å². The van der Waals surface area contributed by atoms with E-state index in [9.17, 15) is 14.0 Å². The van der Waals surface area contributed by atoms with Crippen molar-refractivity contribution < 1.29 is 13.9 Å². The number of hydrogen-bond acceptors (Lipinski definition) is 5. The van der Waals surface area contributed by atoms with Crippen LogP contribution in [0.1, 0.15) is 17.3 Å². The maximum absolute atomic E-state index is 14.7. The number of halogens is 1. The second kappa shape index (κ2) is 8.89. The van der Waals surface area contributed by atoms with Gasteiger partial charge >= 0.3 is 0 Å². The van der Waals surface area contributed by atoms with E-state index in [1.807, 2.05) is 6.92 Å². The second-order valence-corrected chi connectivity index (χ2v) is 7.01. The predicted octanol–water partition coefficient (Wildman–Crippen LogP) is 4.23. The minimum absolute atomic E-state index is 0.173. The van der Waals surface area contributed by atoms with Crippen molar-refractivity contribution in [1.82, 2.24) is 15.3 Å². The first-order chi connectivity index (χ1) is 15.5. The summed E-state index contributed by atoms with van der Waals surface area (Å²) in [5.74, 6) is -0.0691. The molecular formula is C24H21FN4O3. The van der Waals surface area contributed by atoms with Crippen molar-refractivity contribution >= 4 is 28.2 Å². The number of aromatic amines is 1. The van der Waals surface area contributed by atoms with Crippen molar-refractivity contribution in [2.24, 2.45) is 0 Å². The Morgan fingerprint density at radius 3 is 2.66 bits per heavy atom. The Morgan fingerprint density at radius 1 is 1.16 bits per heavy atom. The molecule has 8 heteroatoms. The lowest BCUT2D eigenvalue weighted by molar-refractivity contribution is 0.0956. The highest BCUT2D eigenvalue weighted by atomic mass is 19.1. The minimum atomic E-state index is -0.488. The predicted molar refractivity (Wildman–Crippen MR) is 122 cm³/mol. The van der Waals surface area contributed by atoms with Crippen LogP contribution in [0.4, 0.5) is 15.9 Å². The van der Waals surface area contributed by atoms with Crippen LogP contribution in [-0.4, -0.2) is 29.5 Å². The number of fused-ring (bicyclic) bond motifs is 1. The van der Waals surface area contributed by atoms with E-state index in [-0.39, 0.29) is 22.8 Å². The number of H-pyrrole nitrogens is 1. The van der Waals surface area contributed by atoms with Gasteiger partial charge in [0, 0.05) is 24.0 Å². The van der Waals surface area contributed by atoms with Crippen LogP contribution >= 0.6 is 0 Å². The summed E-state index contributed by atoms with van der Waals surface area (Å²) in [6.07, 6.45) is 1.53. The highest BCUT2D eigenvalue weighted by Gasteiger charge is 2.17. The summed E-state index contributed by atoms with van der Waals surface area (Å²) in [6.45, 7) is 2.38. The summed E-state index contributed by atoms with van der Waals surface area (Å²) in [5, 5.41) is 6.79. The van der Waals surface area contributed by atoms with Crippen molar-refractivity contribution in [3.63, 3.8) is 0 Å². The number of carbonyl (C=O) groups excluding carboxylic acids is 1. The van der Waals surface area contributed by atoms with Gasteiger partial charge in [-0.15, -0.1) is 0 Å². The van der Waals surface area contributed by atoms with E-state index >= 15 is 0 Å². The molecule has 0 spiro atoms. The summed E-state index contributed by atoms with van der Waals surface area (Å²) < 4.78 is 20.0. The van der Waals surface area contributed by atoms with Crippen molar-refractivity contribution in [3.05, 3.63) is 82.5 Å². The molecule has 0 aliphatic rings. The molecule has 0 unspecified atom stereocenters. The molecule has 1 amide bonds. The number of aromatic nitrogens is 2. The fraction of sp³-hybridized carbons (Fsp3) is 0.125. The van der Waals surface area contributed by atoms with Crippen LogP contribution < -0.4 is 20.9 Å². The molecule has 4 aromatic rings. The van der Waals surface area contributed by atoms with E-state index in [1.54, 1.807) is 48.5 Å². The summed E-state index contributed by atoms with van der Waals surface area (Å²) in [6, 6.07) is 14.7. The molecule has 0 saturated heterocycles. The minimum Gasteiger partial charge on any atom is -0.496 e. The molecule has 2 heterocycles. The monoisotopic (exact) mass is 432 g/mol. The van der Waals surface area contributed by atoms with E-state index in [0.717, 1.165) is 0 Å². The molecule has 0 bridgehead atoms. The highest BCUT2D eigenvalue weighted by molar-refractivity contribution is 5.96. The first-order valence-corrected chi connectivity index (χ1v) is 10.0. The van der Waals surface area contributed by atoms with Crippen LogP contribution in [-0.2, 0) is 0 Å². The molecule has 0 fully saturated rings. The molecule has 32 heavy (non-hydrogen) atoms. The van der Waals surface area contributed by atoms with Crippen LogP contribution in [0.2, 0.25) is 0 Å². The first-order valence-electron chi connectivity index (χ1n) is 10.0. The van der Waals surface area contributed by atoms with Gasteiger partial charge in [-0.2, -0.15) is 0 Å². The number of rotatable bonds is 6. The number of benzene rings is 2. The third kappa shape index (κ3) is 4.02. The van der Waals surface area contributed by atoms with Gasteiger partial charge in [0.25, 0.3) is 11.5 Å². The number of pyridine rings is 2. The van der Waals surface area contributed by atoms with Gasteiger partial charge in [-0.05, 0) is 60.8 Å². The molecule has 0 aliphatic carbocycles. The number of amides is 1. The number of anilines is 2. The van der Waals surface area contributed by atoms with Crippen LogP contribution in [0.15, 0.2) is 65.6 Å². The van der Waals surface area contributed by atoms with E-state index in [2.05, 4.69) is 20.6 Å². The van der Waals surface area contributed by atoms with Crippen LogP contribution in [0.25, 0.3) is 22.0 Å². The van der Waals surface area contributed by atoms with Crippen LogP contribution in [0.3, 0.4) is 0 Å². The third-order valence-electron chi connectivity index (χ3n) is 4.95.